The number of carbonyl (C=O) groups is 1. The molecule has 5 N–H and O–H groups in total. The van der Waals surface area contributed by atoms with Crippen molar-refractivity contribution >= 4 is 44.8 Å². The highest BCUT2D eigenvalue weighted by molar-refractivity contribution is 7.89. The zero-order valence-electron chi connectivity index (χ0n) is 15.6. The van der Waals surface area contributed by atoms with Gasteiger partial charge in [0, 0.05) is 19.6 Å². The third-order valence-corrected chi connectivity index (χ3v) is 7.49. The fourth-order valence-electron chi connectivity index (χ4n) is 3.14. The smallest absolute Gasteiger partial charge is 0.326 e. The van der Waals surface area contributed by atoms with E-state index in [1.807, 2.05) is 4.98 Å². The van der Waals surface area contributed by atoms with Crippen LogP contribution in [-0.2, 0) is 10.0 Å². The van der Waals surface area contributed by atoms with E-state index in [0.29, 0.717) is 12.8 Å². The summed E-state index contributed by atoms with van der Waals surface area (Å²) in [6.07, 6.45) is 1.03. The van der Waals surface area contributed by atoms with Crippen LogP contribution in [0, 0.1) is 5.92 Å². The molecule has 3 rings (SSSR count). The lowest BCUT2D eigenvalue weighted by Crippen LogP contribution is -2.42. The first-order chi connectivity index (χ1) is 14.1. The number of H-pyrrole nitrogens is 2. The summed E-state index contributed by atoms with van der Waals surface area (Å²) in [5.74, 6) is -0.661. The van der Waals surface area contributed by atoms with E-state index in [2.05, 4.69) is 10.3 Å². The molecule has 0 aliphatic carbocycles. The number of halogens is 2. The molecule has 0 radical (unpaired) electrons. The Labute approximate surface area is 181 Å². The minimum absolute atomic E-state index is 0.0177. The molecular formula is C17H19Cl2N5O5S. The molecule has 0 saturated carbocycles. The lowest BCUT2D eigenvalue weighted by molar-refractivity contribution is 0.0937. The van der Waals surface area contributed by atoms with Crippen LogP contribution in [0.15, 0.2) is 32.7 Å². The summed E-state index contributed by atoms with van der Waals surface area (Å²) in [5.41, 5.74) is 3.18. The van der Waals surface area contributed by atoms with E-state index in [9.17, 15) is 22.8 Å². The van der Waals surface area contributed by atoms with E-state index in [-0.39, 0.29) is 51.9 Å². The molecule has 1 aliphatic rings. The average Bonchev–Trinajstić information content (AvgIpc) is 2.71. The topological polar surface area (TPSA) is 158 Å². The first kappa shape index (κ1) is 22.3. The molecule has 0 unspecified atom stereocenters. The number of nitrogens with zero attached hydrogens (tertiary/aromatic N) is 1. The van der Waals surface area contributed by atoms with Gasteiger partial charge in [-0.25, -0.2) is 13.2 Å². The van der Waals surface area contributed by atoms with Crippen LogP contribution in [-0.4, -0.2) is 48.2 Å². The van der Waals surface area contributed by atoms with Gasteiger partial charge in [0.15, 0.2) is 0 Å². The van der Waals surface area contributed by atoms with Gasteiger partial charge in [-0.2, -0.15) is 4.31 Å². The van der Waals surface area contributed by atoms with E-state index in [1.165, 1.54) is 22.5 Å². The maximum atomic E-state index is 12.8. The van der Waals surface area contributed by atoms with Gasteiger partial charge in [0.2, 0.25) is 10.0 Å². The maximum absolute atomic E-state index is 12.8. The molecular weight excluding hydrogens is 457 g/mol. The molecule has 2 aromatic rings. The number of benzene rings is 1. The Kier molecular flexibility index (Phi) is 6.56. The van der Waals surface area contributed by atoms with Crippen LogP contribution < -0.4 is 22.3 Å². The maximum Gasteiger partial charge on any atom is 0.326 e. The van der Waals surface area contributed by atoms with E-state index < -0.39 is 27.2 Å². The summed E-state index contributed by atoms with van der Waals surface area (Å²) in [6, 6.07) is 4.16. The SMILES string of the molecule is Nc1c(C(=O)NCC2CCN(S(=O)(=O)c3ccc(Cl)c(Cl)c3)CC2)[nH]c(=O)[nH]c1=O. The number of nitrogens with two attached hydrogens (primary N) is 1. The molecule has 1 fully saturated rings. The lowest BCUT2D eigenvalue weighted by Gasteiger charge is -2.31. The molecule has 0 atom stereocenters. The standard InChI is InChI=1S/C17H19Cl2N5O5S/c18-11-2-1-10(7-12(11)19)30(28,29)24-5-3-9(4-6-24)8-21-16(26)14-13(20)15(25)23-17(27)22-14/h1-2,7,9H,3-6,8,20H2,(H,21,26)(H2,22,23,25,27). The van der Waals surface area contributed by atoms with Crippen molar-refractivity contribution in [1.29, 1.82) is 0 Å². The Morgan fingerprint density at radius 3 is 2.47 bits per heavy atom. The minimum atomic E-state index is -3.71. The fourth-order valence-corrected chi connectivity index (χ4v) is 5.00. The van der Waals surface area contributed by atoms with E-state index in [0.717, 1.165) is 0 Å². The van der Waals surface area contributed by atoms with E-state index in [1.54, 1.807) is 0 Å². The Morgan fingerprint density at radius 1 is 1.17 bits per heavy atom. The quantitative estimate of drug-likeness (QED) is 0.499. The second-order valence-electron chi connectivity index (χ2n) is 6.83. The molecule has 13 heteroatoms. The van der Waals surface area contributed by atoms with Crippen LogP contribution in [0.1, 0.15) is 23.3 Å². The summed E-state index contributed by atoms with van der Waals surface area (Å²) in [4.78, 5) is 39.3. The zero-order valence-corrected chi connectivity index (χ0v) is 17.9. The van der Waals surface area contributed by atoms with Gasteiger partial charge in [-0.3, -0.25) is 14.6 Å². The number of hydrogen-bond acceptors (Lipinski definition) is 6. The molecule has 1 saturated heterocycles. The van der Waals surface area contributed by atoms with Gasteiger partial charge in [-0.1, -0.05) is 23.2 Å². The summed E-state index contributed by atoms with van der Waals surface area (Å²) in [7, 11) is -3.71. The molecule has 0 bridgehead atoms. The van der Waals surface area contributed by atoms with E-state index in [4.69, 9.17) is 28.9 Å². The fraction of sp³-hybridized carbons (Fsp3) is 0.353. The van der Waals surface area contributed by atoms with Crippen molar-refractivity contribution in [2.45, 2.75) is 17.7 Å². The molecule has 1 amide bonds. The molecule has 162 valence electrons. The number of piperidine rings is 1. The summed E-state index contributed by atoms with van der Waals surface area (Å²) >= 11 is 11.8. The molecule has 1 aliphatic heterocycles. The Hall–Kier alpha value is -2.34. The van der Waals surface area contributed by atoms with Crippen molar-refractivity contribution in [3.8, 4) is 0 Å². The molecule has 1 aromatic carbocycles. The number of nitrogen functional groups attached to an aromatic ring is 1. The van der Waals surface area contributed by atoms with Crippen molar-refractivity contribution in [3.05, 3.63) is 54.8 Å². The first-order valence-electron chi connectivity index (χ1n) is 8.95. The zero-order chi connectivity index (χ0) is 22.1. The minimum Gasteiger partial charge on any atom is -0.392 e. The van der Waals surface area contributed by atoms with Crippen molar-refractivity contribution in [2.24, 2.45) is 5.92 Å². The van der Waals surface area contributed by atoms with Gasteiger partial charge in [-0.15, -0.1) is 0 Å². The Morgan fingerprint density at radius 2 is 1.83 bits per heavy atom. The Bertz CT molecular complexity index is 1190. The van der Waals surface area contributed by atoms with Gasteiger partial charge in [0.25, 0.3) is 11.5 Å². The van der Waals surface area contributed by atoms with Crippen molar-refractivity contribution < 1.29 is 13.2 Å². The predicted octanol–water partition coefficient (Wildman–Crippen LogP) is 0.783. The molecule has 30 heavy (non-hydrogen) atoms. The van der Waals surface area contributed by atoms with Crippen LogP contribution in [0.2, 0.25) is 10.0 Å². The van der Waals surface area contributed by atoms with Crippen LogP contribution in [0.4, 0.5) is 5.69 Å². The number of rotatable bonds is 5. The third-order valence-electron chi connectivity index (χ3n) is 4.86. The molecule has 0 spiro atoms. The number of hydrogen-bond donors (Lipinski definition) is 4. The number of aromatic nitrogens is 2. The van der Waals surface area contributed by atoms with Crippen LogP contribution >= 0.6 is 23.2 Å². The first-order valence-corrected chi connectivity index (χ1v) is 11.1. The van der Waals surface area contributed by atoms with Crippen molar-refractivity contribution in [2.75, 3.05) is 25.4 Å². The van der Waals surface area contributed by atoms with Gasteiger partial charge >= 0.3 is 5.69 Å². The highest BCUT2D eigenvalue weighted by Crippen LogP contribution is 2.28. The molecule has 1 aromatic heterocycles. The lowest BCUT2D eigenvalue weighted by atomic mass is 9.98. The second kappa shape index (κ2) is 8.80. The predicted molar refractivity (Wildman–Crippen MR) is 112 cm³/mol. The van der Waals surface area contributed by atoms with Crippen LogP contribution in [0.5, 0.6) is 0 Å². The third kappa shape index (κ3) is 4.69. The monoisotopic (exact) mass is 475 g/mol. The molecule has 10 nitrogen and oxygen atoms in total. The van der Waals surface area contributed by atoms with Gasteiger partial charge in [-0.05, 0) is 37.0 Å². The number of anilines is 1. The number of carbonyl (C=O) groups excluding carboxylic acids is 1. The second-order valence-corrected chi connectivity index (χ2v) is 9.58. The van der Waals surface area contributed by atoms with Crippen molar-refractivity contribution in [3.63, 3.8) is 0 Å². The normalized spacial score (nSPS) is 15.8. The van der Waals surface area contributed by atoms with E-state index >= 15 is 0 Å². The van der Waals surface area contributed by atoms with Crippen LogP contribution in [0.25, 0.3) is 0 Å². The summed E-state index contributed by atoms with van der Waals surface area (Å²) in [6.45, 7) is 0.786. The van der Waals surface area contributed by atoms with Gasteiger partial charge in [0.1, 0.15) is 11.4 Å². The largest absolute Gasteiger partial charge is 0.392 e. The molecule has 2 heterocycles. The van der Waals surface area contributed by atoms with Crippen molar-refractivity contribution in [1.82, 2.24) is 19.6 Å². The highest BCUT2D eigenvalue weighted by Gasteiger charge is 2.30. The Balaban J connectivity index is 1.59. The highest BCUT2D eigenvalue weighted by atomic mass is 35.5. The number of sulfonamides is 1. The number of amides is 1. The summed E-state index contributed by atoms with van der Waals surface area (Å²) in [5, 5.41) is 3.05. The summed E-state index contributed by atoms with van der Waals surface area (Å²) < 4.78 is 26.9. The van der Waals surface area contributed by atoms with Gasteiger partial charge < -0.3 is 16.0 Å². The number of nitrogens with one attached hydrogen (secondary N) is 3. The average molecular weight is 476 g/mol. The number of aromatic amines is 2. The van der Waals surface area contributed by atoms with Crippen LogP contribution in [0.3, 0.4) is 0 Å². The van der Waals surface area contributed by atoms with Gasteiger partial charge in [0.05, 0.1) is 14.9 Å².